The van der Waals surface area contributed by atoms with Gasteiger partial charge in [-0.2, -0.15) is 0 Å². The van der Waals surface area contributed by atoms with Crippen LogP contribution < -0.4 is 10.1 Å². The number of hydrogen-bond acceptors (Lipinski definition) is 4. The summed E-state index contributed by atoms with van der Waals surface area (Å²) in [6.07, 6.45) is 3.14. The van der Waals surface area contributed by atoms with Crippen LogP contribution in [0.5, 0.6) is 11.6 Å². The van der Waals surface area contributed by atoms with Crippen LogP contribution in [0, 0.1) is 0 Å². The molecule has 0 saturated heterocycles. The summed E-state index contributed by atoms with van der Waals surface area (Å²) < 4.78 is 5.98. The van der Waals surface area contributed by atoms with Crippen LogP contribution in [0.1, 0.15) is 21.5 Å². The number of nitrogens with one attached hydrogen (secondary N) is 1. The largest absolute Gasteiger partial charge is 0.438 e. The van der Waals surface area contributed by atoms with Crippen LogP contribution in [0.15, 0.2) is 79.0 Å². The minimum atomic E-state index is 0.455. The summed E-state index contributed by atoms with van der Waals surface area (Å²) in [5, 5.41) is 6.46. The number of carbonyl (C=O) groups is 1. The fraction of sp³-hybridized carbons (Fsp3) is 0.120. The maximum absolute atomic E-state index is 10.8. The fourth-order valence-corrected chi connectivity index (χ4v) is 3.59. The van der Waals surface area contributed by atoms with Crippen molar-refractivity contribution >= 4 is 28.7 Å². The molecule has 5 heteroatoms. The van der Waals surface area contributed by atoms with E-state index in [0.29, 0.717) is 11.4 Å². The molecule has 0 amide bonds. The van der Waals surface area contributed by atoms with E-state index in [0.717, 1.165) is 52.9 Å². The predicted octanol–water partition coefficient (Wildman–Crippen LogP) is 5.83. The minimum absolute atomic E-state index is 0.455. The van der Waals surface area contributed by atoms with Gasteiger partial charge in [0.05, 0.1) is 0 Å². The normalized spacial score (nSPS) is 10.8. The molecule has 0 saturated carbocycles. The quantitative estimate of drug-likeness (QED) is 0.290. The van der Waals surface area contributed by atoms with Crippen LogP contribution in [0.2, 0.25) is 5.02 Å². The molecule has 0 aliphatic carbocycles. The van der Waals surface area contributed by atoms with Gasteiger partial charge < -0.3 is 10.1 Å². The van der Waals surface area contributed by atoms with Crippen molar-refractivity contribution in [2.75, 3.05) is 6.54 Å². The van der Waals surface area contributed by atoms with E-state index in [1.807, 2.05) is 42.5 Å². The van der Waals surface area contributed by atoms with Gasteiger partial charge in [0, 0.05) is 34.8 Å². The van der Waals surface area contributed by atoms with Gasteiger partial charge >= 0.3 is 0 Å². The molecule has 1 N–H and O–H groups in total. The van der Waals surface area contributed by atoms with E-state index in [4.69, 9.17) is 16.3 Å². The Bertz CT molecular complexity index is 1160. The van der Waals surface area contributed by atoms with E-state index in [2.05, 4.69) is 28.5 Å². The second-order valence-corrected chi connectivity index (χ2v) is 7.34. The second-order valence-electron chi connectivity index (χ2n) is 6.94. The molecular formula is C25H21ClN2O2. The Labute approximate surface area is 180 Å². The lowest BCUT2D eigenvalue weighted by Gasteiger charge is -2.13. The van der Waals surface area contributed by atoms with E-state index in [9.17, 15) is 4.79 Å². The summed E-state index contributed by atoms with van der Waals surface area (Å²) in [5.41, 5.74) is 2.86. The number of pyridine rings is 1. The van der Waals surface area contributed by atoms with Gasteiger partial charge in [-0.1, -0.05) is 60.1 Å². The topological polar surface area (TPSA) is 51.2 Å². The molecule has 0 radical (unpaired) electrons. The van der Waals surface area contributed by atoms with Gasteiger partial charge in [0.2, 0.25) is 5.88 Å². The molecule has 1 aromatic heterocycles. The van der Waals surface area contributed by atoms with Crippen LogP contribution >= 0.6 is 11.6 Å². The van der Waals surface area contributed by atoms with Gasteiger partial charge in [-0.3, -0.25) is 4.79 Å². The smallest absolute Gasteiger partial charge is 0.219 e. The molecule has 0 aliphatic rings. The Morgan fingerprint density at radius 3 is 2.47 bits per heavy atom. The molecule has 0 fully saturated rings. The number of fused-ring (bicyclic) bond motifs is 1. The molecule has 0 bridgehead atoms. The Hall–Kier alpha value is -3.21. The molecule has 1 heterocycles. The lowest BCUT2D eigenvalue weighted by atomic mass is 10.0. The van der Waals surface area contributed by atoms with Gasteiger partial charge in [0.1, 0.15) is 5.75 Å². The van der Waals surface area contributed by atoms with Crippen molar-refractivity contribution in [2.24, 2.45) is 0 Å². The molecule has 0 atom stereocenters. The highest BCUT2D eigenvalue weighted by Gasteiger charge is 2.09. The zero-order valence-electron chi connectivity index (χ0n) is 16.3. The monoisotopic (exact) mass is 416 g/mol. The van der Waals surface area contributed by atoms with E-state index >= 15 is 0 Å². The highest BCUT2D eigenvalue weighted by molar-refractivity contribution is 6.31. The number of halogens is 1. The molecule has 3 aromatic carbocycles. The summed E-state index contributed by atoms with van der Waals surface area (Å²) in [7, 11) is 0. The maximum Gasteiger partial charge on any atom is 0.219 e. The zero-order valence-corrected chi connectivity index (χ0v) is 17.1. The van der Waals surface area contributed by atoms with Crippen molar-refractivity contribution in [3.05, 3.63) is 101 Å². The average molecular weight is 417 g/mol. The molecule has 4 aromatic rings. The summed E-state index contributed by atoms with van der Waals surface area (Å²) in [4.78, 5) is 15.0. The first-order chi connectivity index (χ1) is 14.7. The molecule has 150 valence electrons. The number of carbonyl (C=O) groups excluding carboxylic acids is 1. The molecule has 4 rings (SSSR count). The maximum atomic E-state index is 10.8. The fourth-order valence-electron chi connectivity index (χ4n) is 3.36. The SMILES string of the molecule is O=Cc1ccc(Oc2ccc(CNCCc3ccccc3Cl)c3ccccc23)nc1. The average Bonchev–Trinajstić information content (AvgIpc) is 2.79. The van der Waals surface area contributed by atoms with Gasteiger partial charge in [0.15, 0.2) is 6.29 Å². The lowest BCUT2D eigenvalue weighted by Crippen LogP contribution is -2.17. The van der Waals surface area contributed by atoms with Crippen molar-refractivity contribution in [3.63, 3.8) is 0 Å². The third-order valence-electron chi connectivity index (χ3n) is 4.93. The van der Waals surface area contributed by atoms with Crippen LogP contribution in [0.25, 0.3) is 10.8 Å². The van der Waals surface area contributed by atoms with Crippen LogP contribution in [-0.4, -0.2) is 17.8 Å². The van der Waals surface area contributed by atoms with Crippen LogP contribution in [0.3, 0.4) is 0 Å². The van der Waals surface area contributed by atoms with Crippen molar-refractivity contribution in [1.29, 1.82) is 0 Å². The predicted molar refractivity (Wildman–Crippen MR) is 121 cm³/mol. The first-order valence-electron chi connectivity index (χ1n) is 9.78. The van der Waals surface area contributed by atoms with Crippen molar-refractivity contribution < 1.29 is 9.53 Å². The van der Waals surface area contributed by atoms with Crippen molar-refractivity contribution in [3.8, 4) is 11.6 Å². The molecule has 0 aliphatic heterocycles. The third-order valence-corrected chi connectivity index (χ3v) is 5.30. The molecule has 30 heavy (non-hydrogen) atoms. The molecule has 0 unspecified atom stereocenters. The number of rotatable bonds is 8. The number of benzene rings is 3. The Morgan fingerprint density at radius 1 is 0.900 bits per heavy atom. The standard InChI is InChI=1S/C25H21ClN2O2/c26-23-8-4-1-5-19(23)13-14-27-16-20-10-11-24(22-7-3-2-6-21(20)22)30-25-12-9-18(17-29)15-28-25/h1-12,15,17,27H,13-14,16H2. The lowest BCUT2D eigenvalue weighted by molar-refractivity contribution is 0.112. The number of nitrogens with zero attached hydrogens (tertiary/aromatic N) is 1. The van der Waals surface area contributed by atoms with E-state index < -0.39 is 0 Å². The Kier molecular flexibility index (Phi) is 6.38. The highest BCUT2D eigenvalue weighted by Crippen LogP contribution is 2.31. The first kappa shape index (κ1) is 20.1. The number of aldehydes is 1. The van der Waals surface area contributed by atoms with E-state index in [-0.39, 0.29) is 0 Å². The first-order valence-corrected chi connectivity index (χ1v) is 10.2. The number of hydrogen-bond donors (Lipinski definition) is 1. The Balaban J connectivity index is 1.47. The van der Waals surface area contributed by atoms with Crippen LogP contribution in [-0.2, 0) is 13.0 Å². The van der Waals surface area contributed by atoms with Gasteiger partial charge in [-0.25, -0.2) is 4.98 Å². The van der Waals surface area contributed by atoms with E-state index in [1.165, 1.54) is 11.8 Å². The number of ether oxygens (including phenoxy) is 1. The van der Waals surface area contributed by atoms with Gasteiger partial charge in [-0.15, -0.1) is 0 Å². The van der Waals surface area contributed by atoms with Crippen LogP contribution in [0.4, 0.5) is 0 Å². The van der Waals surface area contributed by atoms with Gasteiger partial charge in [0.25, 0.3) is 0 Å². The zero-order chi connectivity index (χ0) is 20.8. The Morgan fingerprint density at radius 2 is 1.70 bits per heavy atom. The van der Waals surface area contributed by atoms with Crippen molar-refractivity contribution in [2.45, 2.75) is 13.0 Å². The van der Waals surface area contributed by atoms with Gasteiger partial charge in [-0.05, 0) is 47.7 Å². The number of aromatic nitrogens is 1. The second kappa shape index (κ2) is 9.53. The molecular weight excluding hydrogens is 396 g/mol. The molecule has 0 spiro atoms. The summed E-state index contributed by atoms with van der Waals surface area (Å²) in [6.45, 7) is 1.58. The van der Waals surface area contributed by atoms with E-state index in [1.54, 1.807) is 12.1 Å². The summed E-state index contributed by atoms with van der Waals surface area (Å²) in [5.74, 6) is 1.19. The summed E-state index contributed by atoms with van der Waals surface area (Å²) >= 11 is 6.24. The summed E-state index contributed by atoms with van der Waals surface area (Å²) in [6, 6.07) is 23.5. The minimum Gasteiger partial charge on any atom is -0.438 e. The third kappa shape index (κ3) is 4.67. The van der Waals surface area contributed by atoms with Crippen molar-refractivity contribution in [1.82, 2.24) is 10.3 Å². The highest BCUT2D eigenvalue weighted by atomic mass is 35.5. The molecule has 4 nitrogen and oxygen atoms in total.